The van der Waals surface area contributed by atoms with Crippen molar-refractivity contribution in [2.24, 2.45) is 0 Å². The molecule has 0 spiro atoms. The summed E-state index contributed by atoms with van der Waals surface area (Å²) in [5, 5.41) is 0. The molecule has 1 heterocycles. The molecule has 0 aliphatic heterocycles. The van der Waals surface area contributed by atoms with Crippen LogP contribution in [0.15, 0.2) is 35.1 Å². The fraction of sp³-hybridized carbons (Fsp3) is 0.286. The summed E-state index contributed by atoms with van der Waals surface area (Å²) in [6.07, 6.45) is -3.77. The maximum absolute atomic E-state index is 12.6. The first-order valence-corrected chi connectivity index (χ1v) is 6.32. The van der Waals surface area contributed by atoms with Gasteiger partial charge in [-0.3, -0.25) is 0 Å². The maximum Gasteiger partial charge on any atom is 0.431 e. The maximum atomic E-state index is 12.6. The van der Waals surface area contributed by atoms with Crippen molar-refractivity contribution in [2.45, 2.75) is 19.5 Å². The van der Waals surface area contributed by atoms with Crippen LogP contribution in [0, 0.1) is 0 Å². The fourth-order valence-corrected chi connectivity index (χ4v) is 1.70. The second-order valence-corrected chi connectivity index (χ2v) is 4.36. The third kappa shape index (κ3) is 3.84. The second kappa shape index (κ2) is 5.99. The van der Waals surface area contributed by atoms with Gasteiger partial charge in [-0.1, -0.05) is 6.92 Å². The van der Waals surface area contributed by atoms with Crippen molar-refractivity contribution in [1.29, 1.82) is 0 Å². The molecule has 21 heavy (non-hydrogen) atoms. The molecular weight excluding hydrogens is 285 g/mol. The number of nitrogens with zero attached hydrogens (tertiary/aromatic N) is 1. The van der Waals surface area contributed by atoms with E-state index >= 15 is 0 Å². The number of benzene rings is 1. The van der Waals surface area contributed by atoms with E-state index in [1.54, 1.807) is 29.2 Å². The summed E-state index contributed by atoms with van der Waals surface area (Å²) in [5.74, 6) is 0.612. The Labute approximate surface area is 118 Å². The minimum Gasteiger partial charge on any atom is -0.494 e. The largest absolute Gasteiger partial charge is 0.494 e. The average molecular weight is 298 g/mol. The van der Waals surface area contributed by atoms with E-state index in [1.807, 2.05) is 6.92 Å². The van der Waals surface area contributed by atoms with Crippen LogP contribution in [0.2, 0.25) is 0 Å². The van der Waals surface area contributed by atoms with Crippen molar-refractivity contribution >= 4 is 0 Å². The number of alkyl halides is 3. The van der Waals surface area contributed by atoms with Gasteiger partial charge in [-0.15, -0.1) is 0 Å². The summed E-state index contributed by atoms with van der Waals surface area (Å²) in [4.78, 5) is 16.5. The van der Waals surface area contributed by atoms with Crippen LogP contribution in [-0.4, -0.2) is 16.6 Å². The topological polar surface area (TPSA) is 55.0 Å². The highest BCUT2D eigenvalue weighted by atomic mass is 19.4. The molecule has 0 radical (unpaired) electrons. The van der Waals surface area contributed by atoms with Gasteiger partial charge in [0, 0.05) is 5.56 Å². The van der Waals surface area contributed by atoms with Crippen LogP contribution in [0.1, 0.15) is 19.0 Å². The summed E-state index contributed by atoms with van der Waals surface area (Å²) in [5.41, 5.74) is -1.78. The highest BCUT2D eigenvalue weighted by Gasteiger charge is 2.32. The van der Waals surface area contributed by atoms with E-state index in [4.69, 9.17) is 4.74 Å². The number of rotatable bonds is 4. The van der Waals surface area contributed by atoms with Crippen LogP contribution in [0.3, 0.4) is 0 Å². The standard InChI is InChI=1S/C14H13F3N2O2/c1-2-7-21-10-5-3-9(4-6-10)11-8-12(14(15,16)17)19-13(20)18-11/h3-6,8H,2,7H2,1H3,(H,18,19,20). The first-order chi connectivity index (χ1) is 9.90. The van der Waals surface area contributed by atoms with E-state index in [0.29, 0.717) is 17.9 Å². The summed E-state index contributed by atoms with van der Waals surface area (Å²) in [6, 6.07) is 7.19. The fourth-order valence-electron chi connectivity index (χ4n) is 1.70. The van der Waals surface area contributed by atoms with Gasteiger partial charge in [0.25, 0.3) is 0 Å². The summed E-state index contributed by atoms with van der Waals surface area (Å²) >= 11 is 0. The van der Waals surface area contributed by atoms with Crippen molar-refractivity contribution in [3.05, 3.63) is 46.5 Å². The molecule has 0 atom stereocenters. The van der Waals surface area contributed by atoms with Gasteiger partial charge >= 0.3 is 11.9 Å². The van der Waals surface area contributed by atoms with E-state index in [9.17, 15) is 18.0 Å². The molecule has 2 rings (SSSR count). The predicted molar refractivity (Wildman–Crippen MR) is 71.1 cm³/mol. The number of hydrogen-bond acceptors (Lipinski definition) is 3. The van der Waals surface area contributed by atoms with Crippen LogP contribution >= 0.6 is 0 Å². The number of hydrogen-bond donors (Lipinski definition) is 1. The molecule has 1 N–H and O–H groups in total. The summed E-state index contributed by atoms with van der Waals surface area (Å²) < 4.78 is 43.3. The Bertz CT molecular complexity index is 663. The lowest BCUT2D eigenvalue weighted by Gasteiger charge is -2.08. The van der Waals surface area contributed by atoms with Gasteiger partial charge in [0.1, 0.15) is 11.4 Å². The lowest BCUT2D eigenvalue weighted by Crippen LogP contribution is -2.19. The van der Waals surface area contributed by atoms with Gasteiger partial charge in [0.2, 0.25) is 0 Å². The zero-order valence-corrected chi connectivity index (χ0v) is 11.2. The molecule has 0 saturated heterocycles. The molecular formula is C14H13F3N2O2. The molecule has 0 aliphatic rings. The van der Waals surface area contributed by atoms with Crippen LogP contribution in [-0.2, 0) is 6.18 Å². The van der Waals surface area contributed by atoms with Crippen LogP contribution < -0.4 is 10.4 Å². The number of aromatic amines is 1. The first kappa shape index (κ1) is 15.1. The van der Waals surface area contributed by atoms with Gasteiger partial charge in [0.05, 0.1) is 12.3 Å². The molecule has 0 aliphatic carbocycles. The number of H-pyrrole nitrogens is 1. The summed E-state index contributed by atoms with van der Waals surface area (Å²) in [6.45, 7) is 2.52. The number of aromatic nitrogens is 2. The first-order valence-electron chi connectivity index (χ1n) is 6.32. The molecule has 112 valence electrons. The highest BCUT2D eigenvalue weighted by Crippen LogP contribution is 2.29. The van der Waals surface area contributed by atoms with E-state index in [1.165, 1.54) is 0 Å². The van der Waals surface area contributed by atoms with Crippen LogP contribution in [0.25, 0.3) is 11.3 Å². The van der Waals surface area contributed by atoms with Crippen molar-refractivity contribution in [1.82, 2.24) is 9.97 Å². The zero-order chi connectivity index (χ0) is 15.5. The Morgan fingerprint density at radius 1 is 1.24 bits per heavy atom. The van der Waals surface area contributed by atoms with E-state index in [2.05, 4.69) is 4.98 Å². The van der Waals surface area contributed by atoms with Crippen molar-refractivity contribution in [3.63, 3.8) is 0 Å². The van der Waals surface area contributed by atoms with Gasteiger partial charge in [-0.2, -0.15) is 18.2 Å². The van der Waals surface area contributed by atoms with Gasteiger partial charge in [-0.25, -0.2) is 4.79 Å². The molecule has 0 unspecified atom stereocenters. The monoisotopic (exact) mass is 298 g/mol. The quantitative estimate of drug-likeness (QED) is 0.942. The molecule has 7 heteroatoms. The van der Waals surface area contributed by atoms with E-state index < -0.39 is 17.6 Å². The minimum atomic E-state index is -4.62. The molecule has 0 amide bonds. The Morgan fingerprint density at radius 3 is 2.48 bits per heavy atom. The SMILES string of the molecule is CCCOc1ccc(-c2cc(C(F)(F)F)[nH]c(=O)n2)cc1. The normalized spacial score (nSPS) is 11.4. The van der Waals surface area contributed by atoms with Gasteiger partial charge in [-0.05, 0) is 36.8 Å². The molecule has 1 aromatic heterocycles. The Hall–Kier alpha value is -2.31. The second-order valence-electron chi connectivity index (χ2n) is 4.36. The smallest absolute Gasteiger partial charge is 0.431 e. The van der Waals surface area contributed by atoms with Crippen LogP contribution in [0.4, 0.5) is 13.2 Å². The zero-order valence-electron chi connectivity index (χ0n) is 11.2. The van der Waals surface area contributed by atoms with Gasteiger partial charge in [0.15, 0.2) is 0 Å². The Morgan fingerprint density at radius 2 is 1.90 bits per heavy atom. The third-order valence-corrected chi connectivity index (χ3v) is 2.67. The minimum absolute atomic E-state index is 0.0342. The van der Waals surface area contributed by atoms with Crippen molar-refractivity contribution < 1.29 is 17.9 Å². The molecule has 1 aromatic carbocycles. The third-order valence-electron chi connectivity index (χ3n) is 2.67. The van der Waals surface area contributed by atoms with E-state index in [-0.39, 0.29) is 5.69 Å². The van der Waals surface area contributed by atoms with Crippen molar-refractivity contribution in [3.8, 4) is 17.0 Å². The van der Waals surface area contributed by atoms with Crippen LogP contribution in [0.5, 0.6) is 5.75 Å². The molecule has 0 saturated carbocycles. The average Bonchev–Trinajstić information content (AvgIpc) is 2.44. The number of ether oxygens (including phenoxy) is 1. The molecule has 0 bridgehead atoms. The molecule has 4 nitrogen and oxygen atoms in total. The highest BCUT2D eigenvalue weighted by molar-refractivity contribution is 5.60. The van der Waals surface area contributed by atoms with Gasteiger partial charge < -0.3 is 9.72 Å². The number of halogens is 3. The lowest BCUT2D eigenvalue weighted by molar-refractivity contribution is -0.141. The number of nitrogens with one attached hydrogen (secondary N) is 1. The Kier molecular flexibility index (Phi) is 4.30. The predicted octanol–water partition coefficient (Wildman–Crippen LogP) is 3.24. The lowest BCUT2D eigenvalue weighted by atomic mass is 10.1. The Balaban J connectivity index is 2.33. The summed E-state index contributed by atoms with van der Waals surface area (Å²) in [7, 11) is 0. The van der Waals surface area contributed by atoms with Crippen molar-refractivity contribution in [2.75, 3.05) is 6.61 Å². The molecule has 2 aromatic rings. The molecule has 0 fully saturated rings. The van der Waals surface area contributed by atoms with E-state index in [0.717, 1.165) is 12.5 Å².